The minimum Gasteiger partial charge on any atom is -0.454 e. The Morgan fingerprint density at radius 1 is 1.50 bits per heavy atom. The average molecular weight is 305 g/mol. The van der Waals surface area contributed by atoms with Gasteiger partial charge < -0.3 is 9.72 Å². The molecule has 0 aliphatic rings. The van der Waals surface area contributed by atoms with Crippen LogP contribution in [0.25, 0.3) is 0 Å². The van der Waals surface area contributed by atoms with Crippen LogP contribution in [-0.4, -0.2) is 15.9 Å². The zero-order valence-corrected chi connectivity index (χ0v) is 12.0. The number of hydrogen-bond acceptors (Lipinski definition) is 4. The Hall–Kier alpha value is -1.04. The second kappa shape index (κ2) is 5.30. The van der Waals surface area contributed by atoms with Gasteiger partial charge in [0.1, 0.15) is 17.5 Å². The van der Waals surface area contributed by atoms with Gasteiger partial charge in [-0.15, -0.1) is 11.3 Å². The SMILES string of the molecule is Cc1nc(COC(=O)c2cc(Cl)c(Cl)[nH]2)c(C)s1. The first-order chi connectivity index (χ1) is 8.47. The molecule has 0 amide bonds. The van der Waals surface area contributed by atoms with Crippen molar-refractivity contribution in [2.45, 2.75) is 20.5 Å². The van der Waals surface area contributed by atoms with Gasteiger partial charge in [0.25, 0.3) is 0 Å². The Morgan fingerprint density at radius 2 is 2.22 bits per heavy atom. The van der Waals surface area contributed by atoms with Crippen molar-refractivity contribution in [1.82, 2.24) is 9.97 Å². The Labute approximate surface area is 118 Å². The van der Waals surface area contributed by atoms with E-state index in [9.17, 15) is 4.79 Å². The van der Waals surface area contributed by atoms with Crippen molar-refractivity contribution < 1.29 is 9.53 Å². The third-order valence-corrected chi connectivity index (χ3v) is 3.91. The summed E-state index contributed by atoms with van der Waals surface area (Å²) in [5.41, 5.74) is 1.00. The molecular formula is C11H10Cl2N2O2S. The Morgan fingerprint density at radius 3 is 2.72 bits per heavy atom. The summed E-state index contributed by atoms with van der Waals surface area (Å²) < 4.78 is 5.13. The van der Waals surface area contributed by atoms with E-state index in [0.29, 0.717) is 5.02 Å². The van der Waals surface area contributed by atoms with Crippen LogP contribution in [0.15, 0.2) is 6.07 Å². The minimum atomic E-state index is -0.506. The Balaban J connectivity index is 2.02. The van der Waals surface area contributed by atoms with Crippen molar-refractivity contribution >= 4 is 40.5 Å². The number of aryl methyl sites for hydroxylation is 2. The van der Waals surface area contributed by atoms with Crippen LogP contribution < -0.4 is 0 Å². The molecule has 2 aromatic heterocycles. The standard InChI is InChI=1S/C11H10Cl2N2O2S/c1-5-9(14-6(2)18-5)4-17-11(16)8-3-7(12)10(13)15-8/h3,15H,4H2,1-2H3. The molecule has 96 valence electrons. The van der Waals surface area contributed by atoms with Gasteiger partial charge in [0.15, 0.2) is 0 Å². The van der Waals surface area contributed by atoms with E-state index in [1.807, 2.05) is 13.8 Å². The molecule has 0 aliphatic carbocycles. The van der Waals surface area contributed by atoms with Crippen molar-refractivity contribution in [2.75, 3.05) is 0 Å². The van der Waals surface area contributed by atoms with Crippen LogP contribution in [0, 0.1) is 13.8 Å². The smallest absolute Gasteiger partial charge is 0.355 e. The van der Waals surface area contributed by atoms with Crippen molar-refractivity contribution in [3.63, 3.8) is 0 Å². The highest BCUT2D eigenvalue weighted by Gasteiger charge is 2.14. The first-order valence-electron chi connectivity index (χ1n) is 5.11. The molecule has 2 aromatic rings. The first kappa shape index (κ1) is 13.4. The van der Waals surface area contributed by atoms with Gasteiger partial charge in [-0.05, 0) is 19.9 Å². The van der Waals surface area contributed by atoms with Crippen molar-refractivity contribution in [3.05, 3.63) is 37.5 Å². The van der Waals surface area contributed by atoms with Crippen LogP contribution in [0.5, 0.6) is 0 Å². The van der Waals surface area contributed by atoms with E-state index in [0.717, 1.165) is 15.6 Å². The van der Waals surface area contributed by atoms with Crippen molar-refractivity contribution in [1.29, 1.82) is 0 Å². The maximum atomic E-state index is 11.7. The summed E-state index contributed by atoms with van der Waals surface area (Å²) in [5, 5.41) is 1.47. The van der Waals surface area contributed by atoms with E-state index in [1.165, 1.54) is 6.07 Å². The normalized spacial score (nSPS) is 10.7. The molecule has 0 bridgehead atoms. The van der Waals surface area contributed by atoms with Gasteiger partial charge in [0.05, 0.1) is 15.7 Å². The predicted molar refractivity (Wildman–Crippen MR) is 71.5 cm³/mol. The number of carbonyl (C=O) groups is 1. The van der Waals surface area contributed by atoms with Gasteiger partial charge in [-0.3, -0.25) is 0 Å². The molecule has 0 saturated heterocycles. The highest BCUT2D eigenvalue weighted by molar-refractivity contribution is 7.11. The molecule has 0 fully saturated rings. The van der Waals surface area contributed by atoms with Gasteiger partial charge in [0.2, 0.25) is 0 Å². The number of nitrogens with one attached hydrogen (secondary N) is 1. The fraction of sp³-hybridized carbons (Fsp3) is 0.273. The molecule has 0 atom stereocenters. The molecule has 0 radical (unpaired) electrons. The second-order valence-electron chi connectivity index (χ2n) is 3.66. The molecule has 0 saturated carbocycles. The number of aromatic nitrogens is 2. The number of H-pyrrole nitrogens is 1. The number of carbonyl (C=O) groups excluding carboxylic acids is 1. The van der Waals surface area contributed by atoms with E-state index in [2.05, 4.69) is 9.97 Å². The van der Waals surface area contributed by atoms with Gasteiger partial charge >= 0.3 is 5.97 Å². The predicted octanol–water partition coefficient (Wildman–Crippen LogP) is 3.75. The van der Waals surface area contributed by atoms with Crippen LogP contribution >= 0.6 is 34.5 Å². The van der Waals surface area contributed by atoms with E-state index >= 15 is 0 Å². The lowest BCUT2D eigenvalue weighted by molar-refractivity contribution is 0.0461. The fourth-order valence-electron chi connectivity index (χ4n) is 1.43. The largest absolute Gasteiger partial charge is 0.454 e. The molecule has 0 aromatic carbocycles. The lowest BCUT2D eigenvalue weighted by Crippen LogP contribution is -2.06. The number of esters is 1. The molecule has 7 heteroatoms. The molecule has 0 aliphatic heterocycles. The monoisotopic (exact) mass is 304 g/mol. The highest BCUT2D eigenvalue weighted by atomic mass is 35.5. The minimum absolute atomic E-state index is 0.142. The number of ether oxygens (including phenoxy) is 1. The Bertz CT molecular complexity index is 572. The summed E-state index contributed by atoms with van der Waals surface area (Å²) in [7, 11) is 0. The van der Waals surface area contributed by atoms with E-state index in [1.54, 1.807) is 11.3 Å². The molecular weight excluding hydrogens is 295 g/mol. The number of rotatable bonds is 3. The summed E-state index contributed by atoms with van der Waals surface area (Å²) in [6, 6.07) is 1.44. The van der Waals surface area contributed by atoms with Gasteiger partial charge in [0, 0.05) is 4.88 Å². The third-order valence-electron chi connectivity index (χ3n) is 2.28. The molecule has 4 nitrogen and oxygen atoms in total. The number of nitrogens with zero attached hydrogens (tertiary/aromatic N) is 1. The summed E-state index contributed by atoms with van der Waals surface area (Å²) in [6.45, 7) is 3.99. The molecule has 2 rings (SSSR count). The van der Waals surface area contributed by atoms with E-state index in [-0.39, 0.29) is 17.5 Å². The summed E-state index contributed by atoms with van der Waals surface area (Å²) >= 11 is 13.0. The average Bonchev–Trinajstić information content (AvgIpc) is 2.79. The quantitative estimate of drug-likeness (QED) is 0.879. The number of aromatic amines is 1. The molecule has 18 heavy (non-hydrogen) atoms. The highest BCUT2D eigenvalue weighted by Crippen LogP contribution is 2.23. The van der Waals surface area contributed by atoms with Crippen molar-refractivity contribution in [3.8, 4) is 0 Å². The Kier molecular flexibility index (Phi) is 3.94. The van der Waals surface area contributed by atoms with E-state index in [4.69, 9.17) is 27.9 Å². The van der Waals surface area contributed by atoms with Crippen LogP contribution in [0.1, 0.15) is 26.1 Å². The van der Waals surface area contributed by atoms with Gasteiger partial charge in [-0.25, -0.2) is 9.78 Å². The van der Waals surface area contributed by atoms with E-state index < -0.39 is 5.97 Å². The maximum Gasteiger partial charge on any atom is 0.355 e. The van der Waals surface area contributed by atoms with Crippen LogP contribution in [-0.2, 0) is 11.3 Å². The molecule has 0 unspecified atom stereocenters. The van der Waals surface area contributed by atoms with Crippen molar-refractivity contribution in [2.24, 2.45) is 0 Å². The summed E-state index contributed by atoms with van der Waals surface area (Å²) in [5.74, 6) is -0.506. The zero-order valence-electron chi connectivity index (χ0n) is 9.71. The molecule has 1 N–H and O–H groups in total. The van der Waals surface area contributed by atoms with Gasteiger partial charge in [-0.2, -0.15) is 0 Å². The lowest BCUT2D eigenvalue weighted by Gasteiger charge is -2.01. The summed E-state index contributed by atoms with van der Waals surface area (Å²) in [4.78, 5) is 19.7. The van der Waals surface area contributed by atoms with Crippen LogP contribution in [0.4, 0.5) is 0 Å². The number of halogens is 2. The van der Waals surface area contributed by atoms with Crippen LogP contribution in [0.3, 0.4) is 0 Å². The molecule has 2 heterocycles. The maximum absolute atomic E-state index is 11.7. The third kappa shape index (κ3) is 2.85. The fourth-order valence-corrected chi connectivity index (χ4v) is 2.57. The second-order valence-corrected chi connectivity index (χ2v) is 5.85. The summed E-state index contributed by atoms with van der Waals surface area (Å²) in [6.07, 6.45) is 0. The molecule has 0 spiro atoms. The topological polar surface area (TPSA) is 55.0 Å². The number of thiazole rings is 1. The number of hydrogen-bond donors (Lipinski definition) is 1. The van der Waals surface area contributed by atoms with Gasteiger partial charge in [-0.1, -0.05) is 23.2 Å². The zero-order chi connectivity index (χ0) is 13.3. The van der Waals surface area contributed by atoms with Crippen LogP contribution in [0.2, 0.25) is 10.2 Å². The first-order valence-corrected chi connectivity index (χ1v) is 6.68. The lowest BCUT2D eigenvalue weighted by atomic mass is 10.4.